The zero-order valence-electron chi connectivity index (χ0n) is 10.6. The van der Waals surface area contributed by atoms with E-state index >= 15 is 0 Å². The quantitative estimate of drug-likeness (QED) is 0.647. The van der Waals surface area contributed by atoms with Crippen LogP contribution in [0.2, 0.25) is 0 Å². The topological polar surface area (TPSA) is 59.8 Å². The highest BCUT2D eigenvalue weighted by Gasteiger charge is 2.10. The Balaban J connectivity index is 1.83. The predicted octanol–water partition coefficient (Wildman–Crippen LogP) is 2.01. The summed E-state index contributed by atoms with van der Waals surface area (Å²) >= 11 is 2.21. The first-order valence-electron chi connectivity index (χ1n) is 6.06. The summed E-state index contributed by atoms with van der Waals surface area (Å²) in [5.41, 5.74) is 1.86. The molecular formula is C13H15IN4O. The summed E-state index contributed by atoms with van der Waals surface area (Å²) in [7, 11) is 0. The molecule has 0 saturated heterocycles. The van der Waals surface area contributed by atoms with Gasteiger partial charge in [0, 0.05) is 22.9 Å². The van der Waals surface area contributed by atoms with Crippen LogP contribution in [0.5, 0.6) is 0 Å². The summed E-state index contributed by atoms with van der Waals surface area (Å²) in [5, 5.41) is 10.5. The summed E-state index contributed by atoms with van der Waals surface area (Å²) in [6, 6.07) is 5.76. The van der Waals surface area contributed by atoms with E-state index in [1.165, 1.54) is 0 Å². The van der Waals surface area contributed by atoms with Crippen molar-refractivity contribution in [1.82, 2.24) is 20.3 Å². The van der Waals surface area contributed by atoms with Crippen molar-refractivity contribution in [3.63, 3.8) is 0 Å². The number of rotatable bonds is 5. The Morgan fingerprint density at radius 2 is 2.32 bits per heavy atom. The Morgan fingerprint density at radius 3 is 3.05 bits per heavy atom. The van der Waals surface area contributed by atoms with Gasteiger partial charge in [0.15, 0.2) is 0 Å². The number of aryl methyl sites for hydroxylation is 2. The minimum Gasteiger partial charge on any atom is -0.352 e. The van der Waals surface area contributed by atoms with Crippen molar-refractivity contribution in [2.75, 3.05) is 6.54 Å². The van der Waals surface area contributed by atoms with Gasteiger partial charge in [-0.3, -0.25) is 9.48 Å². The molecule has 0 radical (unpaired) electrons. The minimum absolute atomic E-state index is 0.0216. The zero-order chi connectivity index (χ0) is 13.7. The van der Waals surface area contributed by atoms with E-state index in [4.69, 9.17) is 0 Å². The third-order valence-corrected chi connectivity index (χ3v) is 4.19. The summed E-state index contributed by atoms with van der Waals surface area (Å²) in [4.78, 5) is 12.0. The maximum absolute atomic E-state index is 12.0. The van der Waals surface area contributed by atoms with Crippen LogP contribution in [0.4, 0.5) is 0 Å². The second-order valence-electron chi connectivity index (χ2n) is 4.21. The molecule has 1 aromatic carbocycles. The molecule has 1 aromatic heterocycles. The van der Waals surface area contributed by atoms with Crippen molar-refractivity contribution in [2.24, 2.45) is 0 Å². The number of amides is 1. The lowest BCUT2D eigenvalue weighted by molar-refractivity contribution is 0.0951. The molecule has 2 rings (SSSR count). The molecule has 0 aliphatic carbocycles. The summed E-state index contributed by atoms with van der Waals surface area (Å²) in [6.45, 7) is 3.39. The SMILES string of the molecule is Cc1cccc(C(=O)NCCCn2ccnn2)c1I. The van der Waals surface area contributed by atoms with Crippen LogP contribution < -0.4 is 5.32 Å². The highest BCUT2D eigenvalue weighted by atomic mass is 127. The van der Waals surface area contributed by atoms with E-state index in [-0.39, 0.29) is 5.91 Å². The number of halogens is 1. The summed E-state index contributed by atoms with van der Waals surface area (Å²) in [5.74, 6) is -0.0216. The molecule has 1 heterocycles. The first-order chi connectivity index (χ1) is 9.18. The molecule has 0 spiro atoms. The van der Waals surface area contributed by atoms with Gasteiger partial charge in [0.1, 0.15) is 0 Å². The van der Waals surface area contributed by atoms with E-state index in [0.717, 1.165) is 27.7 Å². The molecule has 6 heteroatoms. The number of carbonyl (C=O) groups is 1. The lowest BCUT2D eigenvalue weighted by atomic mass is 10.1. The fourth-order valence-corrected chi connectivity index (χ4v) is 2.32. The van der Waals surface area contributed by atoms with Gasteiger partial charge in [-0.15, -0.1) is 5.10 Å². The number of nitrogens with zero attached hydrogens (tertiary/aromatic N) is 3. The van der Waals surface area contributed by atoms with Crippen LogP contribution in [0.25, 0.3) is 0 Å². The predicted molar refractivity (Wildman–Crippen MR) is 80.9 cm³/mol. The molecule has 2 aromatic rings. The Hall–Kier alpha value is -1.44. The molecular weight excluding hydrogens is 355 g/mol. The number of benzene rings is 1. The molecule has 0 saturated carbocycles. The Kier molecular flexibility index (Phi) is 4.89. The maximum Gasteiger partial charge on any atom is 0.252 e. The van der Waals surface area contributed by atoms with Crippen LogP contribution >= 0.6 is 22.6 Å². The molecule has 0 unspecified atom stereocenters. The molecule has 0 aliphatic heterocycles. The highest BCUT2D eigenvalue weighted by Crippen LogP contribution is 2.16. The van der Waals surface area contributed by atoms with Crippen molar-refractivity contribution >= 4 is 28.5 Å². The molecule has 0 bridgehead atoms. The monoisotopic (exact) mass is 370 g/mol. The van der Waals surface area contributed by atoms with Crippen molar-refractivity contribution in [3.05, 3.63) is 45.3 Å². The van der Waals surface area contributed by atoms with Gasteiger partial charge < -0.3 is 5.32 Å². The first kappa shape index (κ1) is 14.0. The molecule has 19 heavy (non-hydrogen) atoms. The molecule has 1 amide bonds. The average molecular weight is 370 g/mol. The van der Waals surface area contributed by atoms with Gasteiger partial charge in [-0.1, -0.05) is 17.3 Å². The van der Waals surface area contributed by atoms with Crippen molar-refractivity contribution in [3.8, 4) is 0 Å². The van der Waals surface area contributed by atoms with Gasteiger partial charge in [0.2, 0.25) is 0 Å². The molecule has 0 aliphatic rings. The van der Waals surface area contributed by atoms with Crippen LogP contribution in [-0.4, -0.2) is 27.4 Å². The van der Waals surface area contributed by atoms with Gasteiger partial charge in [-0.05, 0) is 47.6 Å². The molecule has 0 atom stereocenters. The number of aromatic nitrogens is 3. The first-order valence-corrected chi connectivity index (χ1v) is 7.14. The van der Waals surface area contributed by atoms with Gasteiger partial charge in [0.25, 0.3) is 5.91 Å². The van der Waals surface area contributed by atoms with Gasteiger partial charge in [-0.2, -0.15) is 0 Å². The second kappa shape index (κ2) is 6.65. The number of hydrogen-bond donors (Lipinski definition) is 1. The fourth-order valence-electron chi connectivity index (χ4n) is 1.71. The molecule has 1 N–H and O–H groups in total. The van der Waals surface area contributed by atoms with Crippen molar-refractivity contribution < 1.29 is 4.79 Å². The van der Waals surface area contributed by atoms with Crippen LogP contribution in [0.1, 0.15) is 22.3 Å². The number of hydrogen-bond acceptors (Lipinski definition) is 3. The normalized spacial score (nSPS) is 10.4. The van der Waals surface area contributed by atoms with Gasteiger partial charge in [-0.25, -0.2) is 0 Å². The van der Waals surface area contributed by atoms with E-state index in [1.807, 2.05) is 31.3 Å². The van der Waals surface area contributed by atoms with Crippen LogP contribution in [0.3, 0.4) is 0 Å². The van der Waals surface area contributed by atoms with Crippen molar-refractivity contribution in [2.45, 2.75) is 19.9 Å². The largest absolute Gasteiger partial charge is 0.352 e. The van der Waals surface area contributed by atoms with Crippen LogP contribution in [0.15, 0.2) is 30.6 Å². The molecule has 0 fully saturated rings. The minimum atomic E-state index is -0.0216. The second-order valence-corrected chi connectivity index (χ2v) is 5.29. The summed E-state index contributed by atoms with van der Waals surface area (Å²) in [6.07, 6.45) is 4.29. The maximum atomic E-state index is 12.0. The molecule has 5 nitrogen and oxygen atoms in total. The van der Waals surface area contributed by atoms with E-state index in [1.54, 1.807) is 10.9 Å². The van der Waals surface area contributed by atoms with Crippen molar-refractivity contribution in [1.29, 1.82) is 0 Å². The van der Waals surface area contributed by atoms with E-state index in [0.29, 0.717) is 6.54 Å². The number of nitrogens with one attached hydrogen (secondary N) is 1. The lowest BCUT2D eigenvalue weighted by Gasteiger charge is -2.08. The van der Waals surface area contributed by atoms with Gasteiger partial charge in [0.05, 0.1) is 11.8 Å². The highest BCUT2D eigenvalue weighted by molar-refractivity contribution is 14.1. The Morgan fingerprint density at radius 1 is 1.47 bits per heavy atom. The van der Waals surface area contributed by atoms with E-state index < -0.39 is 0 Å². The third-order valence-electron chi connectivity index (χ3n) is 2.76. The Bertz CT molecular complexity index is 554. The van der Waals surface area contributed by atoms with E-state index in [9.17, 15) is 4.79 Å². The molecule has 100 valence electrons. The smallest absolute Gasteiger partial charge is 0.252 e. The Labute approximate surface area is 125 Å². The average Bonchev–Trinajstić information content (AvgIpc) is 2.91. The fraction of sp³-hybridized carbons (Fsp3) is 0.308. The lowest BCUT2D eigenvalue weighted by Crippen LogP contribution is -2.26. The number of carbonyl (C=O) groups excluding carboxylic acids is 1. The summed E-state index contributed by atoms with van der Waals surface area (Å²) < 4.78 is 2.76. The zero-order valence-corrected chi connectivity index (χ0v) is 12.8. The van der Waals surface area contributed by atoms with Crippen LogP contribution in [0, 0.1) is 10.5 Å². The van der Waals surface area contributed by atoms with E-state index in [2.05, 4.69) is 38.2 Å². The third kappa shape index (κ3) is 3.76. The van der Waals surface area contributed by atoms with Crippen LogP contribution in [-0.2, 0) is 6.54 Å². The standard InChI is InChI=1S/C13H15IN4O/c1-10-4-2-5-11(12(10)14)13(19)15-6-3-8-18-9-7-16-17-18/h2,4-5,7,9H,3,6,8H2,1H3,(H,15,19). The van der Waals surface area contributed by atoms with Gasteiger partial charge >= 0.3 is 0 Å².